The summed E-state index contributed by atoms with van der Waals surface area (Å²) in [4.78, 5) is 12.1. The number of nitrogens with one attached hydrogen (secondary N) is 1. The number of rotatable bonds is 6. The Morgan fingerprint density at radius 2 is 1.62 bits per heavy atom. The maximum absolute atomic E-state index is 14.5. The van der Waals surface area contributed by atoms with E-state index in [4.69, 9.17) is 20.4 Å². The Morgan fingerprint density at radius 1 is 1.00 bits per heavy atom. The summed E-state index contributed by atoms with van der Waals surface area (Å²) >= 11 is 0. The maximum atomic E-state index is 14.5. The second-order valence-corrected chi connectivity index (χ2v) is 8.19. The average Bonchev–Trinajstić information content (AvgIpc) is 2.75. The molecular formula is C22H15FN4O4S. The van der Waals surface area contributed by atoms with Crippen molar-refractivity contribution in [3.8, 4) is 23.6 Å². The van der Waals surface area contributed by atoms with Crippen LogP contribution in [0.25, 0.3) is 0 Å². The standard InChI is InChI=1S/C22H15FN4O4S/c23-20-10-14(11-22(28)27-17-2-4-19(5-3-17)32(26,29)30)1-6-21(20)31-18-8-15(12-24)7-16(9-18)13-25/h1-10H,11H2,(H,27,28)(H2,26,29,30). The zero-order chi connectivity index (χ0) is 23.3. The van der Waals surface area contributed by atoms with Crippen molar-refractivity contribution in [2.24, 2.45) is 5.14 Å². The van der Waals surface area contributed by atoms with E-state index >= 15 is 0 Å². The van der Waals surface area contributed by atoms with E-state index in [1.165, 1.54) is 54.6 Å². The summed E-state index contributed by atoms with van der Waals surface area (Å²) in [5.41, 5.74) is 1.13. The summed E-state index contributed by atoms with van der Waals surface area (Å²) in [6, 6.07) is 17.2. The molecule has 0 fully saturated rings. The second kappa shape index (κ2) is 9.27. The first-order valence-electron chi connectivity index (χ1n) is 9.02. The molecule has 32 heavy (non-hydrogen) atoms. The average molecular weight is 450 g/mol. The summed E-state index contributed by atoms with van der Waals surface area (Å²) in [5.74, 6) is -1.17. The lowest BCUT2D eigenvalue weighted by Gasteiger charge is -2.10. The number of carbonyl (C=O) groups is 1. The Hall–Kier alpha value is -4.25. The van der Waals surface area contributed by atoms with Gasteiger partial charge in [-0.15, -0.1) is 0 Å². The number of amides is 1. The lowest BCUT2D eigenvalue weighted by Crippen LogP contribution is -2.15. The van der Waals surface area contributed by atoms with Crippen molar-refractivity contribution in [2.45, 2.75) is 11.3 Å². The van der Waals surface area contributed by atoms with Gasteiger partial charge in [0.05, 0.1) is 34.6 Å². The minimum Gasteiger partial charge on any atom is -0.454 e. The van der Waals surface area contributed by atoms with Crippen LogP contribution in [0, 0.1) is 28.5 Å². The van der Waals surface area contributed by atoms with Gasteiger partial charge in [-0.05, 0) is 60.2 Å². The molecule has 0 aromatic heterocycles. The van der Waals surface area contributed by atoms with E-state index in [9.17, 15) is 17.6 Å². The van der Waals surface area contributed by atoms with Crippen LogP contribution in [0.3, 0.4) is 0 Å². The van der Waals surface area contributed by atoms with Gasteiger partial charge in [0.1, 0.15) is 5.75 Å². The van der Waals surface area contributed by atoms with E-state index < -0.39 is 21.7 Å². The number of anilines is 1. The summed E-state index contributed by atoms with van der Waals surface area (Å²) < 4.78 is 42.5. The number of primary sulfonamides is 1. The molecule has 0 unspecified atom stereocenters. The highest BCUT2D eigenvalue weighted by atomic mass is 32.2. The predicted octanol–water partition coefficient (Wildman–Crippen LogP) is 3.19. The Balaban J connectivity index is 1.68. The molecule has 3 aromatic carbocycles. The number of benzene rings is 3. The highest BCUT2D eigenvalue weighted by Gasteiger charge is 2.12. The van der Waals surface area contributed by atoms with Crippen LogP contribution in [0.2, 0.25) is 0 Å². The van der Waals surface area contributed by atoms with Gasteiger partial charge in [-0.3, -0.25) is 4.79 Å². The Labute approximate surface area is 183 Å². The highest BCUT2D eigenvalue weighted by molar-refractivity contribution is 7.89. The normalized spacial score (nSPS) is 10.6. The van der Waals surface area contributed by atoms with Gasteiger partial charge in [0.2, 0.25) is 15.9 Å². The summed E-state index contributed by atoms with van der Waals surface area (Å²) in [7, 11) is -3.83. The lowest BCUT2D eigenvalue weighted by molar-refractivity contribution is -0.115. The SMILES string of the molecule is N#Cc1cc(C#N)cc(Oc2ccc(CC(=O)Nc3ccc(S(N)(=O)=O)cc3)cc2F)c1. The predicted molar refractivity (Wildman–Crippen MR) is 112 cm³/mol. The largest absolute Gasteiger partial charge is 0.454 e. The highest BCUT2D eigenvalue weighted by Crippen LogP contribution is 2.27. The molecule has 0 atom stereocenters. The van der Waals surface area contributed by atoms with Crippen molar-refractivity contribution in [3.63, 3.8) is 0 Å². The topological polar surface area (TPSA) is 146 Å². The molecule has 0 aliphatic rings. The zero-order valence-electron chi connectivity index (χ0n) is 16.4. The van der Waals surface area contributed by atoms with Gasteiger partial charge in [0.15, 0.2) is 11.6 Å². The number of sulfonamides is 1. The van der Waals surface area contributed by atoms with E-state index in [2.05, 4.69) is 5.32 Å². The third kappa shape index (κ3) is 5.67. The van der Waals surface area contributed by atoms with E-state index in [0.29, 0.717) is 11.3 Å². The zero-order valence-corrected chi connectivity index (χ0v) is 17.2. The molecule has 0 aliphatic heterocycles. The molecule has 1 amide bonds. The molecule has 0 bridgehead atoms. The molecule has 3 rings (SSSR count). The monoisotopic (exact) mass is 450 g/mol. The number of nitrogens with two attached hydrogens (primary N) is 1. The Morgan fingerprint density at radius 3 is 2.16 bits per heavy atom. The van der Waals surface area contributed by atoms with Gasteiger partial charge in [0, 0.05) is 5.69 Å². The lowest BCUT2D eigenvalue weighted by atomic mass is 10.1. The van der Waals surface area contributed by atoms with Crippen molar-refractivity contribution in [1.82, 2.24) is 0 Å². The minimum absolute atomic E-state index is 0.0876. The molecule has 160 valence electrons. The first kappa shape index (κ1) is 22.4. The number of halogens is 1. The Kier molecular flexibility index (Phi) is 6.50. The second-order valence-electron chi connectivity index (χ2n) is 6.63. The van der Waals surface area contributed by atoms with Crippen molar-refractivity contribution < 1.29 is 22.3 Å². The maximum Gasteiger partial charge on any atom is 0.238 e. The molecule has 0 saturated carbocycles. The van der Waals surface area contributed by atoms with Crippen molar-refractivity contribution in [1.29, 1.82) is 10.5 Å². The molecule has 3 aromatic rings. The number of carbonyl (C=O) groups excluding carboxylic acids is 1. The fourth-order valence-corrected chi connectivity index (χ4v) is 3.29. The van der Waals surface area contributed by atoms with Gasteiger partial charge < -0.3 is 10.1 Å². The van der Waals surface area contributed by atoms with E-state index in [1.807, 2.05) is 12.1 Å². The van der Waals surface area contributed by atoms with Crippen molar-refractivity contribution >= 4 is 21.6 Å². The van der Waals surface area contributed by atoms with Crippen LogP contribution < -0.4 is 15.2 Å². The van der Waals surface area contributed by atoms with Gasteiger partial charge in [0.25, 0.3) is 0 Å². The quantitative estimate of drug-likeness (QED) is 0.590. The minimum atomic E-state index is -3.83. The van der Waals surface area contributed by atoms with Gasteiger partial charge in [-0.1, -0.05) is 6.07 Å². The van der Waals surface area contributed by atoms with Crippen molar-refractivity contribution in [3.05, 3.63) is 83.2 Å². The summed E-state index contributed by atoms with van der Waals surface area (Å²) in [6.07, 6.45) is -0.142. The number of hydrogen-bond donors (Lipinski definition) is 2. The van der Waals surface area contributed by atoms with Crippen LogP contribution in [0.15, 0.2) is 65.6 Å². The fraction of sp³-hybridized carbons (Fsp3) is 0.0455. The third-order valence-electron chi connectivity index (χ3n) is 4.22. The summed E-state index contributed by atoms with van der Waals surface area (Å²) in [5, 5.41) is 25.6. The molecule has 0 aliphatic carbocycles. The number of hydrogen-bond acceptors (Lipinski definition) is 6. The smallest absolute Gasteiger partial charge is 0.238 e. The van der Waals surface area contributed by atoms with Crippen LogP contribution in [0.1, 0.15) is 16.7 Å². The van der Waals surface area contributed by atoms with Gasteiger partial charge >= 0.3 is 0 Å². The van der Waals surface area contributed by atoms with E-state index in [0.717, 1.165) is 6.07 Å². The number of nitriles is 2. The molecule has 0 radical (unpaired) electrons. The van der Waals surface area contributed by atoms with Crippen LogP contribution in [-0.2, 0) is 21.2 Å². The van der Waals surface area contributed by atoms with Crippen LogP contribution in [0.4, 0.5) is 10.1 Å². The molecule has 0 heterocycles. The van der Waals surface area contributed by atoms with E-state index in [-0.39, 0.29) is 33.9 Å². The fourth-order valence-electron chi connectivity index (χ4n) is 2.77. The van der Waals surface area contributed by atoms with Crippen LogP contribution in [0.5, 0.6) is 11.5 Å². The molecule has 0 saturated heterocycles. The Bertz CT molecular complexity index is 1340. The third-order valence-corrected chi connectivity index (χ3v) is 5.15. The number of ether oxygens (including phenoxy) is 1. The van der Waals surface area contributed by atoms with Crippen LogP contribution >= 0.6 is 0 Å². The summed E-state index contributed by atoms with van der Waals surface area (Å²) in [6.45, 7) is 0. The van der Waals surface area contributed by atoms with Crippen LogP contribution in [-0.4, -0.2) is 14.3 Å². The van der Waals surface area contributed by atoms with Crippen molar-refractivity contribution in [2.75, 3.05) is 5.32 Å². The molecule has 8 nitrogen and oxygen atoms in total. The van der Waals surface area contributed by atoms with Gasteiger partial charge in [-0.25, -0.2) is 17.9 Å². The molecule has 10 heteroatoms. The number of nitrogens with zero attached hydrogens (tertiary/aromatic N) is 2. The first-order chi connectivity index (χ1) is 15.2. The first-order valence-corrected chi connectivity index (χ1v) is 10.6. The van der Waals surface area contributed by atoms with E-state index in [1.54, 1.807) is 0 Å². The molecule has 3 N–H and O–H groups in total. The van der Waals surface area contributed by atoms with Gasteiger partial charge in [-0.2, -0.15) is 10.5 Å². The molecular weight excluding hydrogens is 435 g/mol. The molecule has 0 spiro atoms.